The third-order valence-corrected chi connectivity index (χ3v) is 4.00. The summed E-state index contributed by atoms with van der Waals surface area (Å²) in [5.74, 6) is 0.653. The lowest BCUT2D eigenvalue weighted by atomic mass is 10.1. The van der Waals surface area contributed by atoms with Gasteiger partial charge in [-0.25, -0.2) is 4.79 Å². The zero-order chi connectivity index (χ0) is 21.1. The highest BCUT2D eigenvalue weighted by Crippen LogP contribution is 2.34. The Morgan fingerprint density at radius 2 is 2.00 bits per heavy atom. The van der Waals surface area contributed by atoms with E-state index >= 15 is 0 Å². The Morgan fingerprint density at radius 3 is 2.61 bits per heavy atom. The number of fused-ring (bicyclic) bond motifs is 1. The summed E-state index contributed by atoms with van der Waals surface area (Å²) in [7, 11) is 1.59. The van der Waals surface area contributed by atoms with Gasteiger partial charge in [-0.05, 0) is 46.8 Å². The second kappa shape index (κ2) is 8.26. The molecule has 0 aliphatic carbocycles. The number of rotatable bonds is 5. The summed E-state index contributed by atoms with van der Waals surface area (Å²) in [6, 6.07) is 5.13. The molecule has 8 heteroatoms. The molecule has 28 heavy (non-hydrogen) atoms. The van der Waals surface area contributed by atoms with Gasteiger partial charge in [-0.2, -0.15) is 0 Å². The van der Waals surface area contributed by atoms with Crippen LogP contribution in [0.3, 0.4) is 0 Å². The van der Waals surface area contributed by atoms with Crippen molar-refractivity contribution in [3.05, 3.63) is 18.2 Å². The van der Waals surface area contributed by atoms with Gasteiger partial charge in [0, 0.05) is 25.1 Å². The number of amides is 2. The van der Waals surface area contributed by atoms with Crippen LogP contribution in [0.4, 0.5) is 10.5 Å². The highest BCUT2D eigenvalue weighted by molar-refractivity contribution is 5.99. The molecule has 1 atom stereocenters. The summed E-state index contributed by atoms with van der Waals surface area (Å²) in [6.45, 7) is 9.14. The fraction of sp³-hybridized carbons (Fsp3) is 0.600. The molecule has 1 aliphatic heterocycles. The molecule has 0 aromatic heterocycles. The van der Waals surface area contributed by atoms with Gasteiger partial charge in [-0.15, -0.1) is 0 Å². The highest BCUT2D eigenvalue weighted by Gasteiger charge is 2.33. The minimum atomic E-state index is -1.06. The number of carbonyl (C=O) groups is 2. The van der Waals surface area contributed by atoms with Gasteiger partial charge in [-0.3, -0.25) is 4.79 Å². The zero-order valence-corrected chi connectivity index (χ0v) is 17.4. The van der Waals surface area contributed by atoms with E-state index in [4.69, 9.17) is 14.2 Å². The van der Waals surface area contributed by atoms with Gasteiger partial charge in [0.25, 0.3) is 5.91 Å². The molecule has 2 amide bonds. The molecular weight excluding hydrogens is 364 g/mol. The fourth-order valence-electron chi connectivity index (χ4n) is 2.51. The molecule has 1 aliphatic rings. The van der Waals surface area contributed by atoms with Crippen molar-refractivity contribution in [2.75, 3.05) is 25.2 Å². The highest BCUT2D eigenvalue weighted by atomic mass is 16.6. The maximum atomic E-state index is 12.7. The van der Waals surface area contributed by atoms with Crippen LogP contribution in [0.25, 0.3) is 0 Å². The predicted molar refractivity (Wildman–Crippen MR) is 105 cm³/mol. The smallest absolute Gasteiger partial charge is 0.408 e. The number of benzene rings is 1. The number of carbonyl (C=O) groups excluding carboxylic acids is 2. The first-order valence-electron chi connectivity index (χ1n) is 9.24. The van der Waals surface area contributed by atoms with Gasteiger partial charge < -0.3 is 29.5 Å². The third-order valence-electron chi connectivity index (χ3n) is 4.00. The Hall–Kier alpha value is -2.48. The Labute approximate surface area is 165 Å². The van der Waals surface area contributed by atoms with Crippen LogP contribution in [0, 0.1) is 0 Å². The number of aliphatic hydroxyl groups is 1. The maximum Gasteiger partial charge on any atom is 0.408 e. The molecule has 0 fully saturated rings. The van der Waals surface area contributed by atoms with E-state index in [1.54, 1.807) is 39.1 Å². The average Bonchev–Trinajstić information content (AvgIpc) is 2.64. The van der Waals surface area contributed by atoms with E-state index in [0.717, 1.165) is 0 Å². The van der Waals surface area contributed by atoms with Crippen LogP contribution in [-0.4, -0.2) is 54.6 Å². The molecule has 0 spiro atoms. The van der Waals surface area contributed by atoms with E-state index in [9.17, 15) is 14.7 Å². The molecule has 156 valence electrons. The molecule has 0 unspecified atom stereocenters. The zero-order valence-electron chi connectivity index (χ0n) is 17.4. The van der Waals surface area contributed by atoms with Crippen LogP contribution in [0.1, 0.15) is 41.0 Å². The van der Waals surface area contributed by atoms with Crippen molar-refractivity contribution in [2.24, 2.45) is 0 Å². The number of nitrogens with zero attached hydrogens (tertiary/aromatic N) is 1. The molecule has 2 N–H and O–H groups in total. The van der Waals surface area contributed by atoms with E-state index in [1.165, 1.54) is 4.90 Å². The van der Waals surface area contributed by atoms with Crippen LogP contribution in [0.5, 0.6) is 11.5 Å². The number of alkyl carbamates (subject to hydrolysis) is 1. The molecule has 0 saturated carbocycles. The van der Waals surface area contributed by atoms with E-state index < -0.39 is 29.2 Å². The van der Waals surface area contributed by atoms with Crippen molar-refractivity contribution in [1.29, 1.82) is 0 Å². The number of likely N-dealkylation sites (N-methyl/N-ethyl adjacent to an activating group) is 1. The van der Waals surface area contributed by atoms with Crippen molar-refractivity contribution in [3.63, 3.8) is 0 Å². The fourth-order valence-corrected chi connectivity index (χ4v) is 2.51. The largest absolute Gasteiger partial charge is 0.493 e. The van der Waals surface area contributed by atoms with Crippen LogP contribution in [-0.2, 0) is 9.53 Å². The summed E-state index contributed by atoms with van der Waals surface area (Å²) in [5, 5.41) is 12.4. The Balaban J connectivity index is 2.08. The minimum absolute atomic E-state index is 0.0767. The number of hydrogen-bond donors (Lipinski definition) is 2. The summed E-state index contributed by atoms with van der Waals surface area (Å²) >= 11 is 0. The third kappa shape index (κ3) is 6.30. The summed E-state index contributed by atoms with van der Waals surface area (Å²) in [4.78, 5) is 26.1. The summed E-state index contributed by atoms with van der Waals surface area (Å²) < 4.78 is 16.6. The lowest BCUT2D eigenvalue weighted by Crippen LogP contribution is -2.46. The first-order valence-corrected chi connectivity index (χ1v) is 9.24. The van der Waals surface area contributed by atoms with Crippen LogP contribution in [0.15, 0.2) is 18.2 Å². The van der Waals surface area contributed by atoms with Gasteiger partial charge in [0.1, 0.15) is 18.1 Å². The van der Waals surface area contributed by atoms with E-state index in [1.807, 2.05) is 20.8 Å². The monoisotopic (exact) mass is 394 g/mol. The minimum Gasteiger partial charge on any atom is -0.493 e. The summed E-state index contributed by atoms with van der Waals surface area (Å²) in [6.07, 6.45) is -1.27. The first kappa shape index (κ1) is 21.8. The predicted octanol–water partition coefficient (Wildman–Crippen LogP) is 2.47. The normalized spacial score (nSPS) is 17.3. The molecule has 1 heterocycles. The van der Waals surface area contributed by atoms with Crippen molar-refractivity contribution < 1.29 is 28.9 Å². The average molecular weight is 394 g/mol. The van der Waals surface area contributed by atoms with Gasteiger partial charge >= 0.3 is 6.09 Å². The van der Waals surface area contributed by atoms with Crippen molar-refractivity contribution >= 4 is 17.7 Å². The number of ether oxygens (including phenoxy) is 3. The first-order chi connectivity index (χ1) is 12.9. The quantitative estimate of drug-likeness (QED) is 0.796. The van der Waals surface area contributed by atoms with Crippen molar-refractivity contribution in [3.8, 4) is 11.5 Å². The molecule has 0 bridgehead atoms. The molecule has 1 aromatic carbocycles. The van der Waals surface area contributed by atoms with Gasteiger partial charge in [0.2, 0.25) is 6.10 Å². The molecule has 0 saturated heterocycles. The Morgan fingerprint density at radius 1 is 1.32 bits per heavy atom. The SMILES string of the molecule is CN1C(=O)[C@@H](OC(=O)NC(C)(C)C)COc2ccc(OCCC(C)(C)O)cc21. The summed E-state index contributed by atoms with van der Waals surface area (Å²) in [5.41, 5.74) is -0.775. The van der Waals surface area contributed by atoms with Crippen LogP contribution >= 0.6 is 0 Å². The topological polar surface area (TPSA) is 97.3 Å². The molecule has 8 nitrogen and oxygen atoms in total. The van der Waals surface area contributed by atoms with Gasteiger partial charge in [0.15, 0.2) is 0 Å². The van der Waals surface area contributed by atoms with Crippen LogP contribution < -0.4 is 19.7 Å². The molecular formula is C20H30N2O6. The second-order valence-electron chi connectivity index (χ2n) is 8.52. The standard InChI is InChI=1S/C20H30N2O6/c1-19(2,3)21-18(24)28-16-12-27-15-8-7-13(26-10-9-20(4,5)25)11-14(15)22(6)17(16)23/h7-8,11,16,25H,9-10,12H2,1-6H3,(H,21,24)/t16-/m0/s1. The lowest BCUT2D eigenvalue weighted by molar-refractivity contribution is -0.127. The Kier molecular flexibility index (Phi) is 6.44. The van der Waals surface area contributed by atoms with Gasteiger partial charge in [-0.1, -0.05) is 0 Å². The van der Waals surface area contributed by atoms with E-state index in [-0.39, 0.29) is 6.61 Å². The van der Waals surface area contributed by atoms with Crippen molar-refractivity contribution in [1.82, 2.24) is 5.32 Å². The maximum absolute atomic E-state index is 12.7. The lowest BCUT2D eigenvalue weighted by Gasteiger charge is -2.23. The Bertz CT molecular complexity index is 720. The number of nitrogens with one attached hydrogen (secondary N) is 1. The number of hydrogen-bond acceptors (Lipinski definition) is 6. The van der Waals surface area contributed by atoms with E-state index in [2.05, 4.69) is 5.32 Å². The molecule has 0 radical (unpaired) electrons. The molecule has 2 rings (SSSR count). The second-order valence-corrected chi connectivity index (χ2v) is 8.52. The number of anilines is 1. The molecule has 1 aromatic rings. The van der Waals surface area contributed by atoms with Crippen LogP contribution in [0.2, 0.25) is 0 Å². The van der Waals surface area contributed by atoms with Crippen molar-refractivity contribution in [2.45, 2.75) is 58.3 Å². The van der Waals surface area contributed by atoms with Gasteiger partial charge in [0.05, 0.1) is 17.9 Å². The van der Waals surface area contributed by atoms with E-state index in [0.29, 0.717) is 30.2 Å².